The van der Waals surface area contributed by atoms with E-state index in [2.05, 4.69) is 43.0 Å². The van der Waals surface area contributed by atoms with Crippen LogP contribution in [-0.2, 0) is 11.3 Å². The largest absolute Gasteiger partial charge is 0.444 e. The van der Waals surface area contributed by atoms with Gasteiger partial charge in [0.1, 0.15) is 21.4 Å². The molecule has 9 heteroatoms. The highest BCUT2D eigenvalue weighted by molar-refractivity contribution is 14.1. The first-order valence-electron chi connectivity index (χ1n) is 8.20. The van der Waals surface area contributed by atoms with Gasteiger partial charge in [0.15, 0.2) is 5.65 Å². The van der Waals surface area contributed by atoms with Gasteiger partial charge in [-0.15, -0.1) is 0 Å². The number of aromatic nitrogens is 4. The van der Waals surface area contributed by atoms with Crippen LogP contribution in [0.1, 0.15) is 33.6 Å². The van der Waals surface area contributed by atoms with Gasteiger partial charge in [0.2, 0.25) is 0 Å². The van der Waals surface area contributed by atoms with E-state index in [1.807, 2.05) is 44.4 Å². The Bertz CT molecular complexity index is 738. The molecule has 2 aromatic rings. The molecule has 0 aliphatic heterocycles. The summed E-state index contributed by atoms with van der Waals surface area (Å²) in [4.78, 5) is 22.3. The van der Waals surface area contributed by atoms with Gasteiger partial charge in [0.05, 0.1) is 5.39 Å². The number of aryl methyl sites for hydroxylation is 1. The first-order chi connectivity index (χ1) is 11.7. The monoisotopic (exact) mass is 460 g/mol. The summed E-state index contributed by atoms with van der Waals surface area (Å²) in [5.41, 5.74) is 0.363. The van der Waals surface area contributed by atoms with Gasteiger partial charge in [0, 0.05) is 27.2 Å². The molecule has 0 saturated heterocycles. The number of carbonyl (C=O) groups excluding carboxylic acids is 1. The molecule has 0 unspecified atom stereocenters. The summed E-state index contributed by atoms with van der Waals surface area (Å²) in [6.45, 7) is 6.85. The molecule has 8 nitrogen and oxygen atoms in total. The number of nitrogens with zero attached hydrogens (tertiary/aromatic N) is 5. The molecule has 0 aliphatic rings. The molecule has 0 aromatic carbocycles. The van der Waals surface area contributed by atoms with Crippen LogP contribution in [0, 0.1) is 3.70 Å². The fourth-order valence-electron chi connectivity index (χ4n) is 2.34. The molecule has 2 heterocycles. The number of rotatable bonds is 6. The van der Waals surface area contributed by atoms with Gasteiger partial charge in [-0.2, -0.15) is 5.10 Å². The third-order valence-electron chi connectivity index (χ3n) is 3.36. The molecule has 1 amide bonds. The maximum atomic E-state index is 11.6. The van der Waals surface area contributed by atoms with Crippen LogP contribution in [-0.4, -0.2) is 52.1 Å². The second-order valence-electron chi connectivity index (χ2n) is 6.94. The first kappa shape index (κ1) is 19.7. The minimum absolute atomic E-state index is 0.380. The zero-order chi connectivity index (χ0) is 18.6. The first-order valence-corrected chi connectivity index (χ1v) is 9.28. The minimum atomic E-state index is -0.474. The lowest BCUT2D eigenvalue weighted by molar-refractivity contribution is 0.0527. The maximum absolute atomic E-state index is 11.6. The predicted molar refractivity (Wildman–Crippen MR) is 106 cm³/mol. The van der Waals surface area contributed by atoms with Crippen LogP contribution >= 0.6 is 22.6 Å². The van der Waals surface area contributed by atoms with E-state index in [0.29, 0.717) is 6.54 Å². The van der Waals surface area contributed by atoms with Crippen molar-refractivity contribution in [3.8, 4) is 0 Å². The summed E-state index contributed by atoms with van der Waals surface area (Å²) in [7, 11) is 3.91. The van der Waals surface area contributed by atoms with Crippen molar-refractivity contribution >= 4 is 45.5 Å². The molecule has 0 fully saturated rings. The molecule has 0 saturated carbocycles. The smallest absolute Gasteiger partial charge is 0.407 e. The van der Waals surface area contributed by atoms with Crippen molar-refractivity contribution in [3.63, 3.8) is 0 Å². The third-order valence-corrected chi connectivity index (χ3v) is 4.11. The van der Waals surface area contributed by atoms with Crippen molar-refractivity contribution in [1.29, 1.82) is 0 Å². The van der Waals surface area contributed by atoms with Gasteiger partial charge in [0.25, 0.3) is 0 Å². The Hall–Kier alpha value is -1.65. The molecular formula is C16H25IN6O2. The van der Waals surface area contributed by atoms with E-state index in [0.717, 1.165) is 39.9 Å². The summed E-state index contributed by atoms with van der Waals surface area (Å²) in [6.07, 6.45) is 2.90. The summed E-state index contributed by atoms with van der Waals surface area (Å²) < 4.78 is 8.00. The highest BCUT2D eigenvalue weighted by Crippen LogP contribution is 2.26. The number of amides is 1. The van der Waals surface area contributed by atoms with Gasteiger partial charge < -0.3 is 15.0 Å². The van der Waals surface area contributed by atoms with E-state index < -0.39 is 5.60 Å². The van der Waals surface area contributed by atoms with Gasteiger partial charge in [-0.25, -0.2) is 19.4 Å². The standard InChI is InChI=1S/C16H25IN6O2/c1-16(2,3)25-15(24)18-8-6-7-9-23-14-11(12(17)21-23)13(22(4)5)19-10-20-14/h10H,6-9H2,1-5H3,(H,18,24). The van der Waals surface area contributed by atoms with Crippen LogP contribution in [0.15, 0.2) is 6.33 Å². The number of hydrogen-bond donors (Lipinski definition) is 1. The topological polar surface area (TPSA) is 85.2 Å². The Morgan fingerprint density at radius 2 is 2.04 bits per heavy atom. The number of carbonyl (C=O) groups is 1. The van der Waals surface area contributed by atoms with E-state index in [-0.39, 0.29) is 6.09 Å². The quantitative estimate of drug-likeness (QED) is 0.527. The fourth-order valence-corrected chi connectivity index (χ4v) is 3.08. The molecule has 0 spiro atoms. The maximum Gasteiger partial charge on any atom is 0.407 e. The Balaban J connectivity index is 1.90. The van der Waals surface area contributed by atoms with Crippen molar-refractivity contribution in [2.75, 3.05) is 25.5 Å². The number of nitrogens with one attached hydrogen (secondary N) is 1. The number of ether oxygens (including phenoxy) is 1. The summed E-state index contributed by atoms with van der Waals surface area (Å²) in [5, 5.41) is 8.32. The summed E-state index contributed by atoms with van der Waals surface area (Å²) in [6, 6.07) is 0. The highest BCUT2D eigenvalue weighted by Gasteiger charge is 2.17. The SMILES string of the molecule is CN(C)c1ncnc2c1c(I)nn2CCCCNC(=O)OC(C)(C)C. The van der Waals surface area contributed by atoms with Crippen molar-refractivity contribution in [2.24, 2.45) is 0 Å². The predicted octanol–water partition coefficient (Wildman–Crippen LogP) is 2.80. The molecule has 25 heavy (non-hydrogen) atoms. The Kier molecular flexibility index (Phi) is 6.42. The van der Waals surface area contributed by atoms with Gasteiger partial charge in [-0.05, 0) is 56.2 Å². The number of halogens is 1. The number of hydrogen-bond acceptors (Lipinski definition) is 6. The molecule has 2 rings (SSSR count). The minimum Gasteiger partial charge on any atom is -0.444 e. The molecule has 0 bridgehead atoms. The highest BCUT2D eigenvalue weighted by atomic mass is 127. The average Bonchev–Trinajstić information content (AvgIpc) is 2.81. The normalized spacial score (nSPS) is 11.6. The Labute approximate surface area is 161 Å². The van der Waals surface area contributed by atoms with Crippen LogP contribution < -0.4 is 10.2 Å². The second kappa shape index (κ2) is 8.15. The lowest BCUT2D eigenvalue weighted by Gasteiger charge is -2.19. The number of alkyl carbamates (subject to hydrolysis) is 1. The van der Waals surface area contributed by atoms with Crippen LogP contribution in [0.3, 0.4) is 0 Å². The van der Waals surface area contributed by atoms with Crippen molar-refractivity contribution in [3.05, 3.63) is 10.0 Å². The van der Waals surface area contributed by atoms with E-state index in [1.54, 1.807) is 6.33 Å². The molecular weight excluding hydrogens is 435 g/mol. The van der Waals surface area contributed by atoms with E-state index in [1.165, 1.54) is 0 Å². The fraction of sp³-hybridized carbons (Fsp3) is 0.625. The summed E-state index contributed by atoms with van der Waals surface area (Å²) in [5.74, 6) is 0.868. The van der Waals surface area contributed by atoms with Gasteiger partial charge in [-0.3, -0.25) is 0 Å². The van der Waals surface area contributed by atoms with Crippen molar-refractivity contribution < 1.29 is 9.53 Å². The van der Waals surface area contributed by atoms with E-state index in [4.69, 9.17) is 4.74 Å². The Morgan fingerprint density at radius 1 is 1.32 bits per heavy atom. The molecule has 2 aromatic heterocycles. The summed E-state index contributed by atoms with van der Waals surface area (Å²) >= 11 is 2.22. The second-order valence-corrected chi connectivity index (χ2v) is 7.96. The van der Waals surface area contributed by atoms with Crippen LogP contribution in [0.5, 0.6) is 0 Å². The third kappa shape index (κ3) is 5.41. The van der Waals surface area contributed by atoms with Crippen molar-refractivity contribution in [2.45, 2.75) is 45.8 Å². The molecule has 0 radical (unpaired) electrons. The van der Waals surface area contributed by atoms with E-state index in [9.17, 15) is 4.79 Å². The molecule has 0 atom stereocenters. The lowest BCUT2D eigenvalue weighted by atomic mass is 10.2. The average molecular weight is 460 g/mol. The van der Waals surface area contributed by atoms with Gasteiger partial charge in [-0.1, -0.05) is 0 Å². The molecule has 0 aliphatic carbocycles. The number of unbranched alkanes of at least 4 members (excludes halogenated alkanes) is 1. The van der Waals surface area contributed by atoms with Crippen molar-refractivity contribution in [1.82, 2.24) is 25.1 Å². The van der Waals surface area contributed by atoms with Gasteiger partial charge >= 0.3 is 6.09 Å². The number of anilines is 1. The van der Waals surface area contributed by atoms with Crippen LogP contribution in [0.2, 0.25) is 0 Å². The van der Waals surface area contributed by atoms with Crippen LogP contribution in [0.4, 0.5) is 10.6 Å². The van der Waals surface area contributed by atoms with E-state index >= 15 is 0 Å². The lowest BCUT2D eigenvalue weighted by Crippen LogP contribution is -2.33. The zero-order valence-electron chi connectivity index (χ0n) is 15.3. The number of fused-ring (bicyclic) bond motifs is 1. The molecule has 138 valence electrons. The Morgan fingerprint density at radius 3 is 2.68 bits per heavy atom. The molecule has 1 N–H and O–H groups in total. The van der Waals surface area contributed by atoms with Crippen LogP contribution in [0.25, 0.3) is 11.0 Å². The zero-order valence-corrected chi connectivity index (χ0v) is 17.5.